The molecule has 1 amide bonds. The van der Waals surface area contributed by atoms with E-state index < -0.39 is 72.9 Å². The third kappa shape index (κ3) is 6.78. The predicted molar refractivity (Wildman–Crippen MR) is 164 cm³/mol. The Balaban J connectivity index is 1.76. The van der Waals surface area contributed by atoms with Crippen LogP contribution >= 0.6 is 0 Å². The molecular formula is C34H32N2O12. The summed E-state index contributed by atoms with van der Waals surface area (Å²) in [6, 6.07) is 11.6. The lowest BCUT2D eigenvalue weighted by Crippen LogP contribution is -2.60. The lowest BCUT2D eigenvalue weighted by atomic mass is 9.97. The van der Waals surface area contributed by atoms with Crippen molar-refractivity contribution in [2.75, 3.05) is 13.2 Å². The minimum Gasteiger partial charge on any atom is -0.494 e. The van der Waals surface area contributed by atoms with Crippen LogP contribution in [0.3, 0.4) is 0 Å². The minimum atomic E-state index is -1.52. The van der Waals surface area contributed by atoms with Crippen molar-refractivity contribution in [3.05, 3.63) is 64.2 Å². The Morgan fingerprint density at radius 2 is 1.58 bits per heavy atom. The summed E-state index contributed by atoms with van der Waals surface area (Å²) < 4.78 is 29.5. The number of aliphatic hydroxyl groups is 1. The van der Waals surface area contributed by atoms with Crippen molar-refractivity contribution in [3.63, 3.8) is 0 Å². The fraction of sp³-hybridized carbons (Fsp3) is 0.353. The van der Waals surface area contributed by atoms with Gasteiger partial charge in [-0.1, -0.05) is 30.0 Å². The van der Waals surface area contributed by atoms with E-state index in [-0.39, 0.29) is 24.2 Å². The zero-order valence-corrected chi connectivity index (χ0v) is 26.4. The summed E-state index contributed by atoms with van der Waals surface area (Å²) in [6.07, 6.45) is -6.92. The van der Waals surface area contributed by atoms with Crippen molar-refractivity contribution in [2.24, 2.45) is 4.99 Å². The molecule has 14 heteroatoms. The molecule has 2 aliphatic heterocycles. The Hall–Kier alpha value is -5.52. The zero-order chi connectivity index (χ0) is 34.7. The van der Waals surface area contributed by atoms with E-state index in [4.69, 9.17) is 28.8 Å². The van der Waals surface area contributed by atoms with E-state index in [9.17, 15) is 29.1 Å². The number of amides is 1. The number of hydrogen-bond donors (Lipinski definition) is 2. The van der Waals surface area contributed by atoms with Gasteiger partial charge < -0.3 is 33.9 Å². The second-order valence-corrected chi connectivity index (χ2v) is 11.0. The number of hydrogen-bond acceptors (Lipinski definition) is 12. The highest BCUT2D eigenvalue weighted by molar-refractivity contribution is 6.25. The van der Waals surface area contributed by atoms with Crippen LogP contribution in [0.5, 0.6) is 5.88 Å². The third-order valence-corrected chi connectivity index (χ3v) is 7.53. The zero-order valence-electron chi connectivity index (χ0n) is 26.4. The summed E-state index contributed by atoms with van der Waals surface area (Å²) in [4.78, 5) is 66.4. The third-order valence-electron chi connectivity index (χ3n) is 7.53. The van der Waals surface area contributed by atoms with Crippen molar-refractivity contribution >= 4 is 46.3 Å². The maximum atomic E-state index is 13.5. The van der Waals surface area contributed by atoms with E-state index in [1.165, 1.54) is 4.57 Å². The molecule has 1 fully saturated rings. The number of fused-ring (bicyclic) bond motifs is 2. The van der Waals surface area contributed by atoms with E-state index in [1.54, 1.807) is 42.5 Å². The molecule has 0 spiro atoms. The number of nitrogens with zero attached hydrogens (tertiary/aromatic N) is 2. The Kier molecular flexibility index (Phi) is 9.92. The molecule has 48 heavy (non-hydrogen) atoms. The van der Waals surface area contributed by atoms with Gasteiger partial charge in [-0.05, 0) is 24.3 Å². The first-order valence-electron chi connectivity index (χ1n) is 14.9. The van der Waals surface area contributed by atoms with Gasteiger partial charge >= 0.3 is 23.9 Å². The highest BCUT2D eigenvalue weighted by atomic mass is 16.7. The van der Waals surface area contributed by atoms with Crippen molar-refractivity contribution in [1.29, 1.82) is 0 Å². The standard InChI is InChI=1S/C34H32N2O12/c1-17(38)44-16-26-29(45-18(2)39)30(46-19(3)40)31(47-20(4)41)34(48-26)36-25-11-6-5-10-22(25)28(33(36)43)27-23-15-21(9-7-8-14-37)12-13-24(23)35-32(27)42/h5-6,10-13,15,26,29-31,34,37,43H,8,14,16H2,1-4H3/t26-,29-,30+,31-,34-/m1/s1. The van der Waals surface area contributed by atoms with Gasteiger partial charge in [0.25, 0.3) is 5.91 Å². The molecule has 2 aliphatic rings. The van der Waals surface area contributed by atoms with Gasteiger partial charge in [0, 0.05) is 50.3 Å². The molecule has 14 nitrogen and oxygen atoms in total. The lowest BCUT2D eigenvalue weighted by Gasteiger charge is -2.45. The van der Waals surface area contributed by atoms with E-state index in [1.807, 2.05) is 0 Å². The van der Waals surface area contributed by atoms with Gasteiger partial charge in [0.2, 0.25) is 5.88 Å². The number of carbonyl (C=O) groups excluding carboxylic acids is 5. The Morgan fingerprint density at radius 1 is 0.917 bits per heavy atom. The monoisotopic (exact) mass is 660 g/mol. The van der Waals surface area contributed by atoms with Gasteiger partial charge in [0.1, 0.15) is 12.7 Å². The fourth-order valence-corrected chi connectivity index (χ4v) is 5.82. The number of ether oxygens (including phenoxy) is 5. The van der Waals surface area contributed by atoms with Gasteiger partial charge in [0.05, 0.1) is 28.6 Å². The first-order chi connectivity index (χ1) is 22.9. The van der Waals surface area contributed by atoms with Crippen molar-refractivity contribution < 1.29 is 57.9 Å². The van der Waals surface area contributed by atoms with E-state index in [2.05, 4.69) is 16.8 Å². The lowest BCUT2D eigenvalue weighted by molar-refractivity contribution is -0.268. The fourth-order valence-electron chi connectivity index (χ4n) is 5.82. The largest absolute Gasteiger partial charge is 0.494 e. The number of para-hydroxylation sites is 1. The van der Waals surface area contributed by atoms with Crippen LogP contribution in [0, 0.1) is 11.8 Å². The predicted octanol–water partition coefficient (Wildman–Crippen LogP) is 0.695. The summed E-state index contributed by atoms with van der Waals surface area (Å²) >= 11 is 0. The molecule has 0 bridgehead atoms. The molecule has 2 aromatic carbocycles. The van der Waals surface area contributed by atoms with Crippen LogP contribution in [0.15, 0.2) is 47.5 Å². The number of aromatic nitrogens is 1. The molecule has 5 rings (SSSR count). The maximum Gasteiger partial charge on any atom is 0.303 e. The van der Waals surface area contributed by atoms with Crippen molar-refractivity contribution in [1.82, 2.24) is 4.57 Å². The average molecular weight is 661 g/mol. The van der Waals surface area contributed by atoms with Crippen molar-refractivity contribution in [2.45, 2.75) is 64.8 Å². The molecule has 0 radical (unpaired) electrons. The normalized spacial score (nSPS) is 21.4. The van der Waals surface area contributed by atoms with Crippen LogP contribution in [0.4, 0.5) is 0 Å². The quantitative estimate of drug-likeness (QED) is 0.196. The summed E-state index contributed by atoms with van der Waals surface area (Å²) in [6.45, 7) is 3.90. The van der Waals surface area contributed by atoms with Crippen LogP contribution in [0.25, 0.3) is 16.5 Å². The summed E-state index contributed by atoms with van der Waals surface area (Å²) in [7, 11) is 0. The molecule has 1 aromatic heterocycles. The number of rotatable bonds is 8. The number of aromatic hydroxyl groups is 1. The Bertz CT molecular complexity index is 2000. The maximum absolute atomic E-state index is 13.5. The SMILES string of the molecule is CC(=O)OC[C@H]1O[C@@H](n2c(O)c(C3=c4cc(C#CCCO)ccc4=NC3=O)c3ccccc32)[C@H](OC(C)=O)[C@@H](OC(C)=O)[C@@H]1OC(C)=O. The number of aliphatic hydroxyl groups excluding tert-OH is 1. The topological polar surface area (TPSA) is 189 Å². The molecule has 5 atom stereocenters. The number of carbonyl (C=O) groups is 5. The Morgan fingerprint density at radius 3 is 2.25 bits per heavy atom. The van der Waals surface area contributed by atoms with Crippen LogP contribution in [-0.4, -0.2) is 82.2 Å². The molecule has 1 saturated heterocycles. The Labute approximate surface area is 273 Å². The van der Waals surface area contributed by atoms with Crippen LogP contribution in [-0.2, 0) is 47.7 Å². The molecule has 3 heterocycles. The van der Waals surface area contributed by atoms with E-state index >= 15 is 0 Å². The van der Waals surface area contributed by atoms with Crippen LogP contribution < -0.4 is 10.6 Å². The molecule has 3 aromatic rings. The molecule has 0 saturated carbocycles. The van der Waals surface area contributed by atoms with E-state index in [0.717, 1.165) is 27.7 Å². The summed E-state index contributed by atoms with van der Waals surface area (Å²) in [5, 5.41) is 22.3. The summed E-state index contributed by atoms with van der Waals surface area (Å²) in [5.74, 6) is 1.55. The van der Waals surface area contributed by atoms with E-state index in [0.29, 0.717) is 27.0 Å². The first kappa shape index (κ1) is 33.8. The smallest absolute Gasteiger partial charge is 0.303 e. The molecule has 0 aliphatic carbocycles. The van der Waals surface area contributed by atoms with Gasteiger partial charge in [-0.25, -0.2) is 4.99 Å². The summed E-state index contributed by atoms with van der Waals surface area (Å²) in [5.41, 5.74) is 1.02. The van der Waals surface area contributed by atoms with Gasteiger partial charge in [0.15, 0.2) is 24.5 Å². The van der Waals surface area contributed by atoms with Gasteiger partial charge in [-0.3, -0.25) is 28.5 Å². The van der Waals surface area contributed by atoms with Crippen molar-refractivity contribution in [3.8, 4) is 17.7 Å². The van der Waals surface area contributed by atoms with Crippen LogP contribution in [0.1, 0.15) is 51.5 Å². The number of esters is 4. The van der Waals surface area contributed by atoms with Crippen LogP contribution in [0.2, 0.25) is 0 Å². The minimum absolute atomic E-state index is 0.0638. The molecule has 0 unspecified atom stereocenters. The van der Waals surface area contributed by atoms with Gasteiger partial charge in [-0.15, -0.1) is 0 Å². The molecule has 2 N–H and O–H groups in total. The molecule has 250 valence electrons. The average Bonchev–Trinajstić information content (AvgIpc) is 3.49. The number of benzene rings is 2. The highest BCUT2D eigenvalue weighted by Crippen LogP contribution is 2.43. The first-order valence-corrected chi connectivity index (χ1v) is 14.9. The highest BCUT2D eigenvalue weighted by Gasteiger charge is 2.53. The second-order valence-electron chi connectivity index (χ2n) is 11.0. The second kappa shape index (κ2) is 14.1. The molecular weight excluding hydrogens is 628 g/mol. The van der Waals surface area contributed by atoms with Gasteiger partial charge in [-0.2, -0.15) is 0 Å².